The molecule has 0 fully saturated rings. The molecule has 0 atom stereocenters. The summed E-state index contributed by atoms with van der Waals surface area (Å²) in [6.07, 6.45) is -4.54. The molecule has 104 valence electrons. The molecule has 1 N–H and O–H groups in total. The van der Waals surface area contributed by atoms with Crippen molar-refractivity contribution in [1.29, 1.82) is 0 Å². The van der Waals surface area contributed by atoms with Crippen LogP contribution in [0, 0.1) is 5.82 Å². The molecule has 0 unspecified atom stereocenters. The normalized spacial score (nSPS) is 11.2. The van der Waals surface area contributed by atoms with Crippen molar-refractivity contribution >= 4 is 17.4 Å². The van der Waals surface area contributed by atoms with Crippen LogP contribution in [-0.4, -0.2) is 17.9 Å². The number of carbonyl (C=O) groups is 2. The number of rotatable bonds is 4. The summed E-state index contributed by atoms with van der Waals surface area (Å²) in [5.74, 6) is -3.55. The van der Waals surface area contributed by atoms with Gasteiger partial charge in [0.25, 0.3) is 5.78 Å². The number of anilines is 1. The summed E-state index contributed by atoms with van der Waals surface area (Å²) in [6.45, 7) is 1.70. The molecule has 1 rings (SSSR count). The van der Waals surface area contributed by atoms with E-state index in [2.05, 4.69) is 5.32 Å². The molecular weight excluding hydrogens is 266 g/mol. The second-order valence-electron chi connectivity index (χ2n) is 3.81. The summed E-state index contributed by atoms with van der Waals surface area (Å²) in [4.78, 5) is 22.5. The molecule has 19 heavy (non-hydrogen) atoms. The monoisotopic (exact) mass is 277 g/mol. The van der Waals surface area contributed by atoms with Crippen LogP contribution >= 0.6 is 0 Å². The average Bonchev–Trinajstić information content (AvgIpc) is 2.27. The van der Waals surface area contributed by atoms with Crippen LogP contribution in [0.5, 0.6) is 0 Å². The molecule has 0 spiro atoms. The molecule has 1 aromatic carbocycles. The Bertz CT molecular complexity index is 497. The number of halogens is 4. The van der Waals surface area contributed by atoms with Gasteiger partial charge in [0.2, 0.25) is 5.91 Å². The molecule has 0 radical (unpaired) electrons. The van der Waals surface area contributed by atoms with E-state index in [-0.39, 0.29) is 6.42 Å². The van der Waals surface area contributed by atoms with Crippen molar-refractivity contribution in [3.8, 4) is 0 Å². The Balaban J connectivity index is 3.12. The second kappa shape index (κ2) is 5.81. The number of alkyl halides is 3. The molecule has 0 saturated carbocycles. The molecule has 1 aromatic rings. The third-order valence-corrected chi connectivity index (χ3v) is 2.23. The van der Waals surface area contributed by atoms with E-state index in [9.17, 15) is 27.2 Å². The van der Waals surface area contributed by atoms with Crippen LogP contribution in [0.4, 0.5) is 23.2 Å². The van der Waals surface area contributed by atoms with Gasteiger partial charge in [0.1, 0.15) is 5.82 Å². The highest BCUT2D eigenvalue weighted by molar-refractivity contribution is 6.07. The first-order valence-electron chi connectivity index (χ1n) is 5.46. The fraction of sp³-hybridized carbons (Fsp3) is 0.333. The van der Waals surface area contributed by atoms with Crippen molar-refractivity contribution < 1.29 is 27.2 Å². The lowest BCUT2D eigenvalue weighted by atomic mass is 10.1. The van der Waals surface area contributed by atoms with Crippen molar-refractivity contribution in [2.45, 2.75) is 25.9 Å². The van der Waals surface area contributed by atoms with Crippen LogP contribution in [-0.2, 0) is 4.79 Å². The smallest absolute Gasteiger partial charge is 0.325 e. The zero-order valence-electron chi connectivity index (χ0n) is 9.97. The van der Waals surface area contributed by atoms with E-state index in [1.807, 2.05) is 0 Å². The number of Topliss-reactive ketones (excluding diaryl/α,β-unsaturated/α-hetero) is 1. The van der Waals surface area contributed by atoms with Crippen LogP contribution in [0.3, 0.4) is 0 Å². The zero-order chi connectivity index (χ0) is 14.6. The van der Waals surface area contributed by atoms with E-state index < -0.39 is 34.9 Å². The molecule has 7 heteroatoms. The third kappa shape index (κ3) is 4.04. The van der Waals surface area contributed by atoms with E-state index in [1.54, 1.807) is 6.92 Å². The number of ketones is 1. The van der Waals surface area contributed by atoms with E-state index >= 15 is 0 Å². The standard InChI is InChI=1S/C12H11F4NO2/c1-2-3-10(18)17-9-6-7(13)4-5-8(9)11(19)12(14,15)16/h4-6H,2-3H2,1H3,(H,17,18). The molecular formula is C12H11F4NO2. The highest BCUT2D eigenvalue weighted by Crippen LogP contribution is 2.27. The lowest BCUT2D eigenvalue weighted by molar-refractivity contribution is -0.116. The molecule has 0 heterocycles. The van der Waals surface area contributed by atoms with Gasteiger partial charge in [-0.2, -0.15) is 13.2 Å². The Kier molecular flexibility index (Phi) is 4.63. The van der Waals surface area contributed by atoms with Crippen molar-refractivity contribution in [3.05, 3.63) is 29.6 Å². The first kappa shape index (κ1) is 15.1. The van der Waals surface area contributed by atoms with Gasteiger partial charge >= 0.3 is 6.18 Å². The summed E-state index contributed by atoms with van der Waals surface area (Å²) < 4.78 is 50.0. The summed E-state index contributed by atoms with van der Waals surface area (Å²) in [5.41, 5.74) is -1.25. The minimum atomic E-state index is -5.08. The number of hydrogen-bond donors (Lipinski definition) is 1. The highest BCUT2D eigenvalue weighted by Gasteiger charge is 2.40. The van der Waals surface area contributed by atoms with Crippen molar-refractivity contribution in [2.75, 3.05) is 5.32 Å². The van der Waals surface area contributed by atoms with Gasteiger partial charge in [0.15, 0.2) is 0 Å². The fourth-order valence-corrected chi connectivity index (χ4v) is 1.41. The van der Waals surface area contributed by atoms with Gasteiger partial charge in [-0.1, -0.05) is 6.92 Å². The molecule has 0 aliphatic carbocycles. The Labute approximate surface area is 106 Å². The first-order chi connectivity index (χ1) is 8.75. The maximum absolute atomic E-state index is 13.0. The maximum Gasteiger partial charge on any atom is 0.454 e. The molecule has 0 aliphatic rings. The quantitative estimate of drug-likeness (QED) is 0.678. The SMILES string of the molecule is CCCC(=O)Nc1cc(F)ccc1C(=O)C(F)(F)F. The first-order valence-corrected chi connectivity index (χ1v) is 5.46. The lowest BCUT2D eigenvalue weighted by Crippen LogP contribution is -2.25. The molecule has 3 nitrogen and oxygen atoms in total. The predicted molar refractivity (Wildman–Crippen MR) is 60.3 cm³/mol. The van der Waals surface area contributed by atoms with Crippen LogP contribution in [0.2, 0.25) is 0 Å². The number of amides is 1. The number of hydrogen-bond acceptors (Lipinski definition) is 2. The van der Waals surface area contributed by atoms with Crippen LogP contribution in [0.1, 0.15) is 30.1 Å². The van der Waals surface area contributed by atoms with Gasteiger partial charge in [0, 0.05) is 6.42 Å². The van der Waals surface area contributed by atoms with E-state index in [0.717, 1.165) is 6.07 Å². The molecule has 0 aliphatic heterocycles. The third-order valence-electron chi connectivity index (χ3n) is 2.23. The number of carbonyl (C=O) groups excluding carboxylic acids is 2. The fourth-order valence-electron chi connectivity index (χ4n) is 1.41. The number of benzene rings is 1. The minimum absolute atomic E-state index is 0.0656. The zero-order valence-corrected chi connectivity index (χ0v) is 9.97. The van der Waals surface area contributed by atoms with Gasteiger partial charge in [0.05, 0.1) is 11.3 Å². The van der Waals surface area contributed by atoms with Crippen LogP contribution in [0.25, 0.3) is 0 Å². The molecule has 0 bridgehead atoms. The summed E-state index contributed by atoms with van der Waals surface area (Å²) in [7, 11) is 0. The van der Waals surface area contributed by atoms with E-state index in [1.165, 1.54) is 0 Å². The molecule has 0 saturated heterocycles. The topological polar surface area (TPSA) is 46.2 Å². The Morgan fingerprint density at radius 1 is 1.26 bits per heavy atom. The number of nitrogens with one attached hydrogen (secondary N) is 1. The van der Waals surface area contributed by atoms with E-state index in [0.29, 0.717) is 18.6 Å². The minimum Gasteiger partial charge on any atom is -0.325 e. The van der Waals surface area contributed by atoms with E-state index in [4.69, 9.17) is 0 Å². The average molecular weight is 277 g/mol. The Morgan fingerprint density at radius 2 is 1.89 bits per heavy atom. The van der Waals surface area contributed by atoms with Crippen LogP contribution < -0.4 is 5.32 Å². The molecule has 0 aromatic heterocycles. The van der Waals surface area contributed by atoms with Gasteiger partial charge in [-0.25, -0.2) is 4.39 Å². The van der Waals surface area contributed by atoms with Gasteiger partial charge in [-0.15, -0.1) is 0 Å². The Hall–Kier alpha value is -1.92. The molecule has 1 amide bonds. The largest absolute Gasteiger partial charge is 0.454 e. The summed E-state index contributed by atoms with van der Waals surface area (Å²) >= 11 is 0. The second-order valence-corrected chi connectivity index (χ2v) is 3.81. The predicted octanol–water partition coefficient (Wildman–Crippen LogP) is 3.31. The van der Waals surface area contributed by atoms with Gasteiger partial charge in [-0.05, 0) is 24.6 Å². The maximum atomic E-state index is 13.0. The van der Waals surface area contributed by atoms with Crippen LogP contribution in [0.15, 0.2) is 18.2 Å². The highest BCUT2D eigenvalue weighted by atomic mass is 19.4. The lowest BCUT2D eigenvalue weighted by Gasteiger charge is -2.12. The van der Waals surface area contributed by atoms with Crippen molar-refractivity contribution in [2.24, 2.45) is 0 Å². The summed E-state index contributed by atoms with van der Waals surface area (Å²) in [6, 6.07) is 2.12. The van der Waals surface area contributed by atoms with Gasteiger partial charge in [-0.3, -0.25) is 9.59 Å². The Morgan fingerprint density at radius 3 is 2.42 bits per heavy atom. The van der Waals surface area contributed by atoms with Gasteiger partial charge < -0.3 is 5.32 Å². The summed E-state index contributed by atoms with van der Waals surface area (Å²) in [5, 5.41) is 2.11. The van der Waals surface area contributed by atoms with Crippen molar-refractivity contribution in [3.63, 3.8) is 0 Å². The van der Waals surface area contributed by atoms with Crippen molar-refractivity contribution in [1.82, 2.24) is 0 Å².